The van der Waals surface area contributed by atoms with Crippen molar-refractivity contribution < 1.29 is 22.7 Å². The molecule has 33 heavy (non-hydrogen) atoms. The molecule has 5 rings (SSSR count). The van der Waals surface area contributed by atoms with Crippen molar-refractivity contribution >= 4 is 5.91 Å². The highest BCUT2D eigenvalue weighted by Gasteiger charge is 2.49. The lowest BCUT2D eigenvalue weighted by atomic mass is 9.90. The van der Waals surface area contributed by atoms with E-state index in [1.54, 1.807) is 19.1 Å². The molecule has 1 amide bonds. The first kappa shape index (κ1) is 21.3. The molecule has 2 aliphatic heterocycles. The van der Waals surface area contributed by atoms with Gasteiger partial charge in [-0.05, 0) is 44.4 Å². The standard InChI is InChI=1S/C21H20F3N7O2/c1-12-2-4-16(31-26-8-9-27-31)18(28-12)19(32)30-14-3-5-15(30)13(10-14)11-33-20-25-7-6-17(29-20)21(22,23)24/h2,4,6-9,13-15H,3,5,10-11H2,1H3. The normalized spacial score (nSPS) is 22.1. The maximum Gasteiger partial charge on any atom is 0.433 e. The molecule has 0 aromatic carbocycles. The van der Waals surface area contributed by atoms with Crippen LogP contribution in [0.5, 0.6) is 6.01 Å². The molecule has 3 unspecified atom stereocenters. The summed E-state index contributed by atoms with van der Waals surface area (Å²) in [6.07, 6.45) is 1.84. The van der Waals surface area contributed by atoms with E-state index in [1.807, 2.05) is 4.90 Å². The molecule has 2 aliphatic rings. The molecule has 12 heteroatoms. The molecule has 3 atom stereocenters. The average molecular weight is 459 g/mol. The number of carbonyl (C=O) groups excluding carboxylic acids is 1. The smallest absolute Gasteiger partial charge is 0.433 e. The third-order valence-electron chi connectivity index (χ3n) is 6.10. The Morgan fingerprint density at radius 2 is 1.91 bits per heavy atom. The lowest BCUT2D eigenvalue weighted by molar-refractivity contribution is -0.141. The summed E-state index contributed by atoms with van der Waals surface area (Å²) in [6, 6.07) is 3.94. The maximum atomic E-state index is 13.6. The van der Waals surface area contributed by atoms with Gasteiger partial charge in [0.2, 0.25) is 0 Å². The summed E-state index contributed by atoms with van der Waals surface area (Å²) in [5.41, 5.74) is 0.405. The van der Waals surface area contributed by atoms with Crippen LogP contribution >= 0.6 is 0 Å². The zero-order valence-corrected chi connectivity index (χ0v) is 17.6. The number of amides is 1. The second-order valence-electron chi connectivity index (χ2n) is 8.18. The SMILES string of the molecule is Cc1ccc(-n2nccn2)c(C(=O)N2C3CCC2C(COc2nccc(C(F)(F)F)n2)C3)n1. The van der Waals surface area contributed by atoms with Crippen LogP contribution in [0, 0.1) is 12.8 Å². The minimum absolute atomic E-state index is 0.0132. The summed E-state index contributed by atoms with van der Waals surface area (Å²) in [7, 11) is 0. The van der Waals surface area contributed by atoms with Gasteiger partial charge in [-0.3, -0.25) is 4.79 Å². The van der Waals surface area contributed by atoms with Gasteiger partial charge in [0, 0.05) is 29.9 Å². The zero-order valence-electron chi connectivity index (χ0n) is 17.6. The topological polar surface area (TPSA) is 98.9 Å². The fourth-order valence-electron chi connectivity index (χ4n) is 4.69. The number of hydrogen-bond donors (Lipinski definition) is 0. The van der Waals surface area contributed by atoms with Crippen LogP contribution in [-0.2, 0) is 6.18 Å². The third kappa shape index (κ3) is 4.00. The Morgan fingerprint density at radius 3 is 2.67 bits per heavy atom. The van der Waals surface area contributed by atoms with Gasteiger partial charge in [0.25, 0.3) is 5.91 Å². The Hall–Kier alpha value is -3.57. The van der Waals surface area contributed by atoms with Crippen molar-refractivity contribution in [2.75, 3.05) is 6.61 Å². The van der Waals surface area contributed by atoms with E-state index in [2.05, 4.69) is 25.1 Å². The van der Waals surface area contributed by atoms with Crippen molar-refractivity contribution in [3.63, 3.8) is 0 Å². The van der Waals surface area contributed by atoms with Crippen molar-refractivity contribution in [1.29, 1.82) is 0 Å². The van der Waals surface area contributed by atoms with Crippen molar-refractivity contribution in [2.45, 2.75) is 44.4 Å². The fraction of sp³-hybridized carbons (Fsp3) is 0.429. The molecule has 0 radical (unpaired) electrons. The van der Waals surface area contributed by atoms with Gasteiger partial charge < -0.3 is 9.64 Å². The molecule has 0 N–H and O–H groups in total. The van der Waals surface area contributed by atoms with Gasteiger partial charge in [0.15, 0.2) is 11.4 Å². The van der Waals surface area contributed by atoms with E-state index in [4.69, 9.17) is 4.74 Å². The van der Waals surface area contributed by atoms with Gasteiger partial charge in [-0.25, -0.2) is 9.97 Å². The Labute approximate surface area is 186 Å². The average Bonchev–Trinajstić information content (AvgIpc) is 3.53. The fourth-order valence-corrected chi connectivity index (χ4v) is 4.69. The van der Waals surface area contributed by atoms with Crippen LogP contribution in [0.15, 0.2) is 36.8 Å². The first-order valence-electron chi connectivity index (χ1n) is 10.5. The van der Waals surface area contributed by atoms with Gasteiger partial charge in [-0.1, -0.05) is 0 Å². The lowest BCUT2D eigenvalue weighted by Crippen LogP contribution is -2.38. The Bertz CT molecular complexity index is 1170. The van der Waals surface area contributed by atoms with E-state index >= 15 is 0 Å². The van der Waals surface area contributed by atoms with E-state index < -0.39 is 11.9 Å². The van der Waals surface area contributed by atoms with Crippen molar-refractivity contribution in [3.05, 3.63) is 53.9 Å². The number of aromatic nitrogens is 6. The molecular weight excluding hydrogens is 439 g/mol. The number of rotatable bonds is 5. The summed E-state index contributed by atoms with van der Waals surface area (Å²) in [4.78, 5) is 28.5. The first-order valence-corrected chi connectivity index (χ1v) is 10.5. The van der Waals surface area contributed by atoms with Crippen molar-refractivity contribution in [2.24, 2.45) is 5.92 Å². The minimum Gasteiger partial charge on any atom is -0.463 e. The van der Waals surface area contributed by atoms with Gasteiger partial charge in [-0.2, -0.15) is 28.4 Å². The highest BCUT2D eigenvalue weighted by molar-refractivity contribution is 5.96. The Kier molecular flexibility index (Phi) is 5.22. The largest absolute Gasteiger partial charge is 0.463 e. The van der Waals surface area contributed by atoms with Crippen LogP contribution in [0.1, 0.15) is 41.1 Å². The van der Waals surface area contributed by atoms with E-state index in [1.165, 1.54) is 17.2 Å². The van der Waals surface area contributed by atoms with Crippen LogP contribution in [-0.4, -0.2) is 59.4 Å². The van der Waals surface area contributed by atoms with Crippen LogP contribution in [0.3, 0.4) is 0 Å². The highest BCUT2D eigenvalue weighted by atomic mass is 19.4. The van der Waals surface area contributed by atoms with Gasteiger partial charge in [0.1, 0.15) is 5.69 Å². The number of ether oxygens (including phenoxy) is 1. The summed E-state index contributed by atoms with van der Waals surface area (Å²) >= 11 is 0. The van der Waals surface area contributed by atoms with Crippen molar-refractivity contribution in [1.82, 2.24) is 34.8 Å². The second-order valence-corrected chi connectivity index (χ2v) is 8.18. The van der Waals surface area contributed by atoms with Crippen LogP contribution in [0.2, 0.25) is 0 Å². The first-order chi connectivity index (χ1) is 15.8. The Morgan fingerprint density at radius 1 is 1.12 bits per heavy atom. The summed E-state index contributed by atoms with van der Waals surface area (Å²) in [5, 5.41) is 8.25. The molecule has 0 spiro atoms. The molecule has 0 saturated carbocycles. The molecule has 2 fully saturated rings. The van der Waals surface area contributed by atoms with E-state index in [0.717, 1.165) is 25.1 Å². The number of fused-ring (bicyclic) bond motifs is 2. The van der Waals surface area contributed by atoms with Crippen molar-refractivity contribution in [3.8, 4) is 11.7 Å². The lowest BCUT2D eigenvalue weighted by Gasteiger charge is -2.25. The number of carbonyl (C=O) groups is 1. The molecule has 9 nitrogen and oxygen atoms in total. The van der Waals surface area contributed by atoms with E-state index in [0.29, 0.717) is 17.8 Å². The van der Waals surface area contributed by atoms with Gasteiger partial charge in [-0.15, -0.1) is 4.80 Å². The second kappa shape index (κ2) is 8.09. The van der Waals surface area contributed by atoms with Gasteiger partial charge >= 0.3 is 12.2 Å². The predicted octanol–water partition coefficient (Wildman–Crippen LogP) is 2.85. The third-order valence-corrected chi connectivity index (χ3v) is 6.10. The number of pyridine rings is 1. The summed E-state index contributed by atoms with van der Waals surface area (Å²) in [6.45, 7) is 1.93. The Balaban J connectivity index is 1.33. The van der Waals surface area contributed by atoms with Crippen LogP contribution < -0.4 is 4.74 Å². The predicted molar refractivity (Wildman–Crippen MR) is 108 cm³/mol. The zero-order chi connectivity index (χ0) is 23.2. The molecule has 2 bridgehead atoms. The molecule has 172 valence electrons. The van der Waals surface area contributed by atoms with Crippen LogP contribution in [0.25, 0.3) is 5.69 Å². The molecular formula is C21H20F3N7O2. The number of aryl methyl sites for hydroxylation is 1. The molecule has 2 saturated heterocycles. The van der Waals surface area contributed by atoms with E-state index in [-0.39, 0.29) is 42.2 Å². The monoisotopic (exact) mass is 459 g/mol. The van der Waals surface area contributed by atoms with Gasteiger partial charge in [0.05, 0.1) is 19.0 Å². The summed E-state index contributed by atoms with van der Waals surface area (Å²) < 4.78 is 44.2. The summed E-state index contributed by atoms with van der Waals surface area (Å²) in [5.74, 6) is -0.252. The van der Waals surface area contributed by atoms with E-state index in [9.17, 15) is 18.0 Å². The number of hydrogen-bond acceptors (Lipinski definition) is 7. The number of nitrogens with zero attached hydrogens (tertiary/aromatic N) is 7. The maximum absolute atomic E-state index is 13.6. The highest BCUT2D eigenvalue weighted by Crippen LogP contribution is 2.43. The molecule has 3 aromatic heterocycles. The van der Waals surface area contributed by atoms with Crippen LogP contribution in [0.4, 0.5) is 13.2 Å². The molecule has 3 aromatic rings. The quantitative estimate of drug-likeness (QED) is 0.579. The minimum atomic E-state index is -4.57. The number of halogens is 3. The number of alkyl halides is 3. The molecule has 0 aliphatic carbocycles. The molecule has 5 heterocycles.